The number of carbonyl (C=O) groups is 1. The number of anilines is 2. The van der Waals surface area contributed by atoms with E-state index < -0.39 is 50.1 Å². The van der Waals surface area contributed by atoms with Gasteiger partial charge in [0.05, 0.1) is 21.4 Å². The van der Waals surface area contributed by atoms with Gasteiger partial charge in [-0.2, -0.15) is 18.2 Å². The van der Waals surface area contributed by atoms with E-state index in [2.05, 4.69) is 81.8 Å². The van der Waals surface area contributed by atoms with E-state index in [0.29, 0.717) is 42.2 Å². The Hall–Kier alpha value is -6.08. The SMILES string of the molecule is CC(C)c1ccccc1[C@H]1CCCN1C1CC2(CCN(c3ccc(C(=O)NS(=O)(=O)c4cc5c(c([N+](=O)[O-])c4)N[C@@H](C4CCC(C)(C)CC4)CO5)c(Oc4cc5cc[nH]c5nc4OCC(F)(F)F)c3)CC2)C1. The molecule has 384 valence electrons. The average molecular weight is 1010 g/mol. The fourth-order valence-electron chi connectivity index (χ4n) is 11.9. The van der Waals surface area contributed by atoms with Crippen LogP contribution in [0.2, 0.25) is 0 Å². The first kappa shape index (κ1) is 49.5. The van der Waals surface area contributed by atoms with Crippen LogP contribution < -0.4 is 29.1 Å². The van der Waals surface area contributed by atoms with Crippen molar-refractivity contribution in [2.75, 3.05) is 43.1 Å². The molecule has 5 aliphatic rings. The molecule has 2 saturated carbocycles. The monoisotopic (exact) mass is 1010 g/mol. The summed E-state index contributed by atoms with van der Waals surface area (Å²) in [5, 5.41) is 16.2. The minimum atomic E-state index is -4.81. The maximum Gasteiger partial charge on any atom is 0.422 e. The van der Waals surface area contributed by atoms with Crippen LogP contribution in [0.15, 0.2) is 77.8 Å². The van der Waals surface area contributed by atoms with Crippen molar-refractivity contribution in [3.05, 3.63) is 99.7 Å². The number of nitro benzene ring substituents is 1. The number of aromatic nitrogens is 2. The normalized spacial score (nSPS) is 21.5. The van der Waals surface area contributed by atoms with Gasteiger partial charge in [-0.25, -0.2) is 13.1 Å². The van der Waals surface area contributed by atoms with E-state index in [1.807, 2.05) is 0 Å². The summed E-state index contributed by atoms with van der Waals surface area (Å²) in [5.74, 6) is -1.48. The predicted octanol–water partition coefficient (Wildman–Crippen LogP) is 11.4. The molecule has 10 rings (SSSR count). The third-order valence-corrected chi connectivity index (χ3v) is 17.3. The number of pyridine rings is 1. The molecule has 2 atom stereocenters. The smallest absolute Gasteiger partial charge is 0.422 e. The lowest BCUT2D eigenvalue weighted by Gasteiger charge is -2.56. The Morgan fingerprint density at radius 2 is 1.74 bits per heavy atom. The summed E-state index contributed by atoms with van der Waals surface area (Å²) in [7, 11) is -4.81. The van der Waals surface area contributed by atoms with Gasteiger partial charge in [-0.15, -0.1) is 0 Å². The lowest BCUT2D eigenvalue weighted by molar-refractivity contribution is -0.384. The van der Waals surface area contributed by atoms with Crippen LogP contribution in [0, 0.1) is 26.9 Å². The van der Waals surface area contributed by atoms with Gasteiger partial charge in [-0.05, 0) is 129 Å². The highest BCUT2D eigenvalue weighted by atomic mass is 32.2. The number of nitro groups is 1. The molecular formula is C53H62F3N7O8S. The highest BCUT2D eigenvalue weighted by Crippen LogP contribution is 2.55. The first-order valence-corrected chi connectivity index (χ1v) is 26.6. The van der Waals surface area contributed by atoms with Gasteiger partial charge in [0, 0.05) is 60.6 Å². The Bertz CT molecular complexity index is 2970. The van der Waals surface area contributed by atoms with E-state index in [4.69, 9.17) is 14.2 Å². The summed E-state index contributed by atoms with van der Waals surface area (Å²) >= 11 is 0. The Morgan fingerprint density at radius 3 is 2.46 bits per heavy atom. The van der Waals surface area contributed by atoms with Crippen LogP contribution in [-0.2, 0) is 10.0 Å². The second kappa shape index (κ2) is 19.1. The second-order valence-electron chi connectivity index (χ2n) is 21.7. The number of benzene rings is 3. The Kier molecular flexibility index (Phi) is 13.1. The molecule has 1 spiro atoms. The molecule has 19 heteroatoms. The van der Waals surface area contributed by atoms with Crippen molar-refractivity contribution < 1.29 is 45.5 Å². The summed E-state index contributed by atoms with van der Waals surface area (Å²) in [4.78, 5) is 37.5. The number of likely N-dealkylation sites (tertiary alicyclic amines) is 1. The summed E-state index contributed by atoms with van der Waals surface area (Å²) in [6.45, 7) is 9.90. The third-order valence-electron chi connectivity index (χ3n) is 16.0. The highest BCUT2D eigenvalue weighted by molar-refractivity contribution is 7.90. The predicted molar refractivity (Wildman–Crippen MR) is 267 cm³/mol. The number of halogens is 3. The Labute approximate surface area is 417 Å². The number of ether oxygens (including phenoxy) is 3. The first-order valence-electron chi connectivity index (χ1n) is 25.1. The number of amides is 1. The molecule has 2 aliphatic carbocycles. The van der Waals surface area contributed by atoms with Crippen LogP contribution in [-0.4, -0.2) is 85.2 Å². The summed E-state index contributed by atoms with van der Waals surface area (Å²) in [6.07, 6.45) is 7.04. The molecule has 1 amide bonds. The number of aromatic amines is 1. The van der Waals surface area contributed by atoms with Gasteiger partial charge in [-0.3, -0.25) is 19.8 Å². The van der Waals surface area contributed by atoms with Gasteiger partial charge in [0.2, 0.25) is 0 Å². The minimum absolute atomic E-state index is 0.0368. The average Bonchev–Trinajstić information content (AvgIpc) is 4.01. The van der Waals surface area contributed by atoms with Crippen LogP contribution >= 0.6 is 0 Å². The van der Waals surface area contributed by atoms with Crippen molar-refractivity contribution in [2.45, 2.75) is 127 Å². The zero-order chi connectivity index (χ0) is 50.7. The van der Waals surface area contributed by atoms with Gasteiger partial charge in [0.1, 0.15) is 18.0 Å². The molecule has 3 aliphatic heterocycles. The fourth-order valence-corrected chi connectivity index (χ4v) is 12.9. The summed E-state index contributed by atoms with van der Waals surface area (Å²) < 4.78 is 88.2. The number of nitrogens with zero attached hydrogens (tertiary/aromatic N) is 4. The lowest BCUT2D eigenvalue weighted by atomic mass is 9.59. The Balaban J connectivity index is 0.897. The van der Waals surface area contributed by atoms with Crippen molar-refractivity contribution in [1.82, 2.24) is 19.6 Å². The van der Waals surface area contributed by atoms with Gasteiger partial charge >= 0.3 is 6.18 Å². The topological polar surface area (TPSA) is 181 Å². The maximum atomic E-state index is 14.3. The number of hydrogen-bond acceptors (Lipinski definition) is 12. The van der Waals surface area contributed by atoms with Crippen LogP contribution in [0.25, 0.3) is 11.0 Å². The minimum Gasteiger partial charge on any atom is -0.489 e. The standard InChI is InChI=1S/C53H62F3N7O8S/c1-32(2)38-8-5-6-9-39(38)42-10-7-21-62(42)36-28-52(29-36)18-22-61(23-19-52)35-11-12-40(44(25-35)71-46-24-34-15-20-57-48(34)59-50(46)70-31-53(54,55)56)49(64)60-72(67,68)37-26-43(63(65)66)47-45(27-37)69-30-41(58-47)33-13-16-51(3,4)17-14-33/h5-6,8-9,11-12,15,20,24-27,32-33,36,41-42,58H,7,10,13-14,16-19,21-23,28-31H2,1-4H3,(H,57,59)(H,60,64)/t41-,42-/m1/s1. The molecular weight excluding hydrogens is 952 g/mol. The number of sulfonamides is 1. The number of fused-ring (bicyclic) bond motifs is 2. The van der Waals surface area contributed by atoms with Crippen LogP contribution in [0.1, 0.15) is 125 Å². The van der Waals surface area contributed by atoms with E-state index in [1.165, 1.54) is 29.7 Å². The number of H-pyrrole nitrogens is 1. The van der Waals surface area contributed by atoms with Crippen LogP contribution in [0.4, 0.5) is 30.2 Å². The van der Waals surface area contributed by atoms with E-state index in [-0.39, 0.29) is 63.5 Å². The largest absolute Gasteiger partial charge is 0.489 e. The summed E-state index contributed by atoms with van der Waals surface area (Å²) in [6, 6.07) is 19.3. The molecule has 2 aromatic heterocycles. The Morgan fingerprint density at radius 1 is 0.986 bits per heavy atom. The van der Waals surface area contributed by atoms with E-state index in [9.17, 15) is 36.5 Å². The highest BCUT2D eigenvalue weighted by Gasteiger charge is 2.50. The zero-order valence-corrected chi connectivity index (χ0v) is 41.8. The molecule has 0 bridgehead atoms. The lowest BCUT2D eigenvalue weighted by Crippen LogP contribution is -2.54. The zero-order valence-electron chi connectivity index (χ0n) is 41.0. The van der Waals surface area contributed by atoms with Gasteiger partial charge in [0.25, 0.3) is 27.5 Å². The number of piperidine rings is 1. The molecule has 4 fully saturated rings. The summed E-state index contributed by atoms with van der Waals surface area (Å²) in [5.41, 5.74) is 3.39. The maximum absolute atomic E-state index is 14.3. The van der Waals surface area contributed by atoms with Crippen molar-refractivity contribution in [1.29, 1.82) is 0 Å². The van der Waals surface area contributed by atoms with Gasteiger partial charge in [0.15, 0.2) is 23.8 Å². The molecule has 5 aromatic rings. The molecule has 2 saturated heterocycles. The molecule has 5 heterocycles. The van der Waals surface area contributed by atoms with Crippen molar-refractivity contribution in [3.8, 4) is 23.1 Å². The van der Waals surface area contributed by atoms with Crippen LogP contribution in [0.3, 0.4) is 0 Å². The number of carbonyl (C=O) groups excluding carboxylic acids is 1. The fraction of sp³-hybridized carbons (Fsp3) is 0.509. The number of rotatable bonds is 13. The first-order chi connectivity index (χ1) is 34.2. The molecule has 3 N–H and O–H groups in total. The van der Waals surface area contributed by atoms with Crippen LogP contribution in [0.5, 0.6) is 23.1 Å². The van der Waals surface area contributed by atoms with Crippen molar-refractivity contribution >= 4 is 44.0 Å². The van der Waals surface area contributed by atoms with E-state index in [1.54, 1.807) is 24.4 Å². The molecule has 0 unspecified atom stereocenters. The third kappa shape index (κ3) is 10.1. The molecule has 0 radical (unpaired) electrons. The van der Waals surface area contributed by atoms with Crippen molar-refractivity contribution in [2.24, 2.45) is 16.7 Å². The number of alkyl halides is 3. The molecule has 3 aromatic carbocycles. The van der Waals surface area contributed by atoms with Crippen molar-refractivity contribution in [3.63, 3.8) is 0 Å². The molecule has 72 heavy (non-hydrogen) atoms. The van der Waals surface area contributed by atoms with Gasteiger partial charge < -0.3 is 29.4 Å². The quantitative estimate of drug-likeness (QED) is 0.0751. The number of nitrogens with one attached hydrogen (secondary N) is 3. The van der Waals surface area contributed by atoms with Gasteiger partial charge in [-0.1, -0.05) is 52.0 Å². The number of hydrogen-bond donors (Lipinski definition) is 3. The van der Waals surface area contributed by atoms with E-state index in [0.717, 1.165) is 76.5 Å². The molecule has 15 nitrogen and oxygen atoms in total. The van der Waals surface area contributed by atoms with E-state index >= 15 is 0 Å². The second-order valence-corrected chi connectivity index (χ2v) is 23.4.